The van der Waals surface area contributed by atoms with Crippen molar-refractivity contribution in [2.24, 2.45) is 11.3 Å². The van der Waals surface area contributed by atoms with Crippen molar-refractivity contribution in [3.8, 4) is 6.07 Å². The maximum atomic E-state index is 11.8. The topological polar surface area (TPSA) is 50.1 Å². The molecule has 0 aliphatic heterocycles. The van der Waals surface area contributed by atoms with E-state index in [-0.39, 0.29) is 56.4 Å². The molecule has 1 rings (SSSR count). The molecule has 0 saturated carbocycles. The number of ether oxygens (including phenoxy) is 1. The van der Waals surface area contributed by atoms with Crippen LogP contribution < -0.4 is 0 Å². The van der Waals surface area contributed by atoms with E-state index in [2.05, 4.69) is 25.1 Å². The zero-order valence-electron chi connectivity index (χ0n) is 13.4. The monoisotopic (exact) mass is 383 g/mol. The summed E-state index contributed by atoms with van der Waals surface area (Å²) in [6, 6.07) is 12.6. The SMILES string of the molecule is C.C.C.C.C.C.CCC(CC(C#N)CC(C)(C)C(=O)OC)c1ccccc1. The molecule has 27 heavy (non-hydrogen) atoms. The van der Waals surface area contributed by atoms with Gasteiger partial charge in [0, 0.05) is 5.92 Å². The molecule has 0 N–H and O–H groups in total. The third kappa shape index (κ3) is 12.2. The zero-order chi connectivity index (χ0) is 15.9. The van der Waals surface area contributed by atoms with Gasteiger partial charge in [-0.1, -0.05) is 81.8 Å². The average Bonchev–Trinajstić information content (AvgIpc) is 2.51. The number of nitriles is 1. The molecule has 1 aromatic carbocycles. The van der Waals surface area contributed by atoms with E-state index in [1.807, 2.05) is 32.0 Å². The third-order valence-electron chi connectivity index (χ3n) is 4.01. The van der Waals surface area contributed by atoms with Crippen LogP contribution in [0.1, 0.15) is 96.1 Å². The summed E-state index contributed by atoms with van der Waals surface area (Å²) in [6.07, 6.45) is 2.29. The molecule has 1 aromatic rings. The van der Waals surface area contributed by atoms with Crippen LogP contribution in [0.4, 0.5) is 0 Å². The largest absolute Gasteiger partial charge is 0.469 e. The quantitative estimate of drug-likeness (QED) is 0.447. The first-order valence-electron chi connectivity index (χ1n) is 7.47. The fourth-order valence-electron chi connectivity index (χ4n) is 2.76. The van der Waals surface area contributed by atoms with Gasteiger partial charge in [-0.2, -0.15) is 5.26 Å². The van der Waals surface area contributed by atoms with Crippen LogP contribution in [0.5, 0.6) is 0 Å². The van der Waals surface area contributed by atoms with Gasteiger partial charge in [0.15, 0.2) is 0 Å². The van der Waals surface area contributed by atoms with Crippen molar-refractivity contribution in [3.63, 3.8) is 0 Å². The molecule has 0 amide bonds. The predicted octanol–water partition coefficient (Wildman–Crippen LogP) is 8.12. The molecule has 3 nitrogen and oxygen atoms in total. The maximum absolute atomic E-state index is 11.8. The van der Waals surface area contributed by atoms with Gasteiger partial charge < -0.3 is 4.74 Å². The van der Waals surface area contributed by atoms with Gasteiger partial charge in [0.25, 0.3) is 0 Å². The summed E-state index contributed by atoms with van der Waals surface area (Å²) < 4.78 is 4.83. The molecule has 0 aromatic heterocycles. The van der Waals surface area contributed by atoms with Crippen LogP contribution in [-0.4, -0.2) is 13.1 Å². The molecular formula is C24H49NO2. The Morgan fingerprint density at radius 2 is 1.56 bits per heavy atom. The van der Waals surface area contributed by atoms with Crippen LogP contribution in [0.25, 0.3) is 0 Å². The van der Waals surface area contributed by atoms with Crippen LogP contribution in [0.15, 0.2) is 30.3 Å². The van der Waals surface area contributed by atoms with Crippen LogP contribution in [0.2, 0.25) is 0 Å². The van der Waals surface area contributed by atoms with Crippen molar-refractivity contribution < 1.29 is 9.53 Å². The van der Waals surface area contributed by atoms with Crippen molar-refractivity contribution >= 4 is 5.97 Å². The molecule has 162 valence electrons. The Morgan fingerprint density at radius 1 is 1.07 bits per heavy atom. The second-order valence-corrected chi connectivity index (χ2v) is 6.16. The molecule has 0 saturated heterocycles. The lowest BCUT2D eigenvalue weighted by Gasteiger charge is -2.26. The zero-order valence-corrected chi connectivity index (χ0v) is 13.4. The van der Waals surface area contributed by atoms with Gasteiger partial charge in [0.1, 0.15) is 0 Å². The van der Waals surface area contributed by atoms with E-state index in [9.17, 15) is 10.1 Å². The van der Waals surface area contributed by atoms with Crippen molar-refractivity contribution in [1.29, 1.82) is 5.26 Å². The molecule has 0 spiro atoms. The first-order chi connectivity index (χ1) is 9.94. The summed E-state index contributed by atoms with van der Waals surface area (Å²) >= 11 is 0. The summed E-state index contributed by atoms with van der Waals surface area (Å²) in [4.78, 5) is 11.8. The maximum Gasteiger partial charge on any atom is 0.311 e. The molecule has 0 aliphatic rings. The lowest BCUT2D eigenvalue weighted by atomic mass is 9.78. The van der Waals surface area contributed by atoms with Crippen LogP contribution in [0, 0.1) is 22.7 Å². The Morgan fingerprint density at radius 3 is 1.93 bits per heavy atom. The van der Waals surface area contributed by atoms with E-state index in [1.165, 1.54) is 12.7 Å². The molecular weight excluding hydrogens is 334 g/mol. The summed E-state index contributed by atoms with van der Waals surface area (Å²) in [5.41, 5.74) is 0.639. The van der Waals surface area contributed by atoms with E-state index < -0.39 is 5.41 Å². The second-order valence-electron chi connectivity index (χ2n) is 6.16. The van der Waals surface area contributed by atoms with Crippen LogP contribution >= 0.6 is 0 Å². The van der Waals surface area contributed by atoms with E-state index in [0.29, 0.717) is 12.3 Å². The molecule has 0 bridgehead atoms. The highest BCUT2D eigenvalue weighted by Crippen LogP contribution is 2.34. The molecule has 0 radical (unpaired) electrons. The van der Waals surface area contributed by atoms with Crippen molar-refractivity contribution in [2.75, 3.05) is 7.11 Å². The van der Waals surface area contributed by atoms with Gasteiger partial charge in [0.2, 0.25) is 0 Å². The summed E-state index contributed by atoms with van der Waals surface area (Å²) in [7, 11) is 1.39. The number of carbonyl (C=O) groups excluding carboxylic acids is 1. The highest BCUT2D eigenvalue weighted by Gasteiger charge is 2.32. The number of rotatable bonds is 7. The molecule has 2 unspecified atom stereocenters. The van der Waals surface area contributed by atoms with Crippen molar-refractivity contribution in [1.82, 2.24) is 0 Å². The molecule has 2 atom stereocenters. The fraction of sp³-hybridized carbons (Fsp3) is 0.667. The first kappa shape index (κ1) is 40.0. The van der Waals surface area contributed by atoms with E-state index in [1.54, 1.807) is 0 Å². The lowest BCUT2D eigenvalue weighted by Crippen LogP contribution is -2.28. The van der Waals surface area contributed by atoms with Gasteiger partial charge in [-0.15, -0.1) is 0 Å². The second kappa shape index (κ2) is 19.0. The highest BCUT2D eigenvalue weighted by molar-refractivity contribution is 5.75. The number of esters is 1. The average molecular weight is 384 g/mol. The molecule has 0 fully saturated rings. The Balaban J connectivity index is -0.000000184. The minimum Gasteiger partial charge on any atom is -0.469 e. The van der Waals surface area contributed by atoms with E-state index in [0.717, 1.165) is 12.8 Å². The van der Waals surface area contributed by atoms with Crippen LogP contribution in [-0.2, 0) is 9.53 Å². The number of hydrogen-bond acceptors (Lipinski definition) is 3. The Labute approximate surface area is 172 Å². The minimum absolute atomic E-state index is 0. The number of benzene rings is 1. The highest BCUT2D eigenvalue weighted by atomic mass is 16.5. The van der Waals surface area contributed by atoms with E-state index in [4.69, 9.17) is 4.74 Å². The summed E-state index contributed by atoms with van der Waals surface area (Å²) in [5, 5.41) is 9.43. The Kier molecular flexibility index (Phi) is 28.1. The van der Waals surface area contributed by atoms with Gasteiger partial charge in [0.05, 0.1) is 18.6 Å². The van der Waals surface area contributed by atoms with Gasteiger partial charge in [-0.25, -0.2) is 0 Å². The summed E-state index contributed by atoms with van der Waals surface area (Å²) in [6.45, 7) is 5.82. The molecule has 0 heterocycles. The minimum atomic E-state index is -0.621. The predicted molar refractivity (Wildman–Crippen MR) is 124 cm³/mol. The lowest BCUT2D eigenvalue weighted by molar-refractivity contribution is -0.151. The Bertz CT molecular complexity index is 489. The van der Waals surface area contributed by atoms with Crippen molar-refractivity contribution in [2.45, 2.75) is 90.5 Å². The number of nitrogens with zero attached hydrogens (tertiary/aromatic N) is 1. The normalized spacial score (nSPS) is 10.9. The Hall–Kier alpha value is -1.82. The summed E-state index contributed by atoms with van der Waals surface area (Å²) in [5.74, 6) is -0.0518. The third-order valence-corrected chi connectivity index (χ3v) is 4.01. The number of hydrogen-bond donors (Lipinski definition) is 0. The smallest absolute Gasteiger partial charge is 0.311 e. The van der Waals surface area contributed by atoms with E-state index >= 15 is 0 Å². The number of carbonyl (C=O) groups is 1. The van der Waals surface area contributed by atoms with Gasteiger partial charge in [-0.05, 0) is 44.6 Å². The van der Waals surface area contributed by atoms with Gasteiger partial charge >= 0.3 is 5.97 Å². The van der Waals surface area contributed by atoms with Crippen LogP contribution in [0.3, 0.4) is 0 Å². The molecule has 0 aliphatic carbocycles. The molecule has 3 heteroatoms. The van der Waals surface area contributed by atoms with Gasteiger partial charge in [-0.3, -0.25) is 4.79 Å². The number of methoxy groups -OCH3 is 1. The first-order valence-corrected chi connectivity index (χ1v) is 7.47. The standard InChI is InChI=1S/C18H25NO2.6CH4/c1-5-15(16-9-7-6-8-10-16)11-14(13-19)12-18(2,3)17(20)21-4;;;;;;/h6-10,14-15H,5,11-12H2,1-4H3;6*1H4. The van der Waals surface area contributed by atoms with Crippen molar-refractivity contribution in [3.05, 3.63) is 35.9 Å². The fourth-order valence-corrected chi connectivity index (χ4v) is 2.76.